The fraction of sp³-hybridized carbons (Fsp3) is 0.381. The summed E-state index contributed by atoms with van der Waals surface area (Å²) in [6.07, 6.45) is 0.497. The molecule has 7 nitrogen and oxygen atoms in total. The quantitative estimate of drug-likeness (QED) is 0.278. The molecule has 1 atom stereocenters. The summed E-state index contributed by atoms with van der Waals surface area (Å²) in [6.45, 7) is 9.41. The Labute approximate surface area is 167 Å². The van der Waals surface area contributed by atoms with Gasteiger partial charge in [-0.2, -0.15) is 0 Å². The average molecular weight is 389 g/mol. The molecule has 2 rings (SSSR count). The van der Waals surface area contributed by atoms with Crippen molar-refractivity contribution in [1.82, 2.24) is 5.43 Å². The summed E-state index contributed by atoms with van der Waals surface area (Å²) in [5.41, 5.74) is 7.28. The van der Waals surface area contributed by atoms with Gasteiger partial charge in [-0.1, -0.05) is 18.2 Å². The van der Waals surface area contributed by atoms with E-state index in [4.69, 9.17) is 20.1 Å². The zero-order chi connectivity index (χ0) is 21.1. The number of nitrogens with two attached hydrogens (primary N) is 2. The summed E-state index contributed by atoms with van der Waals surface area (Å²) >= 11 is 0. The molecule has 1 unspecified atom stereocenters. The van der Waals surface area contributed by atoms with Crippen LogP contribution in [0.3, 0.4) is 0 Å². The highest BCUT2D eigenvalue weighted by molar-refractivity contribution is 5.55. The third-order valence-corrected chi connectivity index (χ3v) is 4.29. The molecule has 0 aromatic heterocycles. The van der Waals surface area contributed by atoms with Gasteiger partial charge in [-0.25, -0.2) is 11.7 Å². The number of hydrogen-bond donors (Lipinski definition) is 3. The van der Waals surface area contributed by atoms with Crippen molar-refractivity contribution in [3.63, 3.8) is 0 Å². The van der Waals surface area contributed by atoms with Crippen LogP contribution in [0.2, 0.25) is 0 Å². The zero-order valence-electron chi connectivity index (χ0n) is 17.4. The molecule has 0 aliphatic carbocycles. The second-order valence-electron chi connectivity index (χ2n) is 6.38. The monoisotopic (exact) mass is 388 g/mol. The first-order chi connectivity index (χ1) is 13.3. The van der Waals surface area contributed by atoms with Gasteiger partial charge >= 0.3 is 0 Å². The smallest absolute Gasteiger partial charge is 0.221 e. The Hall–Kier alpha value is -2.61. The van der Waals surface area contributed by atoms with E-state index in [2.05, 4.69) is 44.8 Å². The van der Waals surface area contributed by atoms with Crippen molar-refractivity contribution in [1.29, 1.82) is 0 Å². The number of anilines is 1. The maximum absolute atomic E-state index is 8.94. The second kappa shape index (κ2) is 12.0. The summed E-state index contributed by atoms with van der Waals surface area (Å²) < 4.78 is 11.7. The highest BCUT2D eigenvalue weighted by atomic mass is 16.5. The molecule has 0 fully saturated rings. The number of aryl methyl sites for hydroxylation is 2. The van der Waals surface area contributed by atoms with Crippen LogP contribution in [0.1, 0.15) is 42.2 Å². The molecule has 28 heavy (non-hydrogen) atoms. The predicted molar refractivity (Wildman–Crippen MR) is 113 cm³/mol. The van der Waals surface area contributed by atoms with Crippen LogP contribution in [0.15, 0.2) is 36.4 Å². The van der Waals surface area contributed by atoms with Gasteiger partial charge in [-0.3, -0.25) is 10.2 Å². The van der Waals surface area contributed by atoms with Crippen LogP contribution in [0, 0.1) is 13.8 Å². The van der Waals surface area contributed by atoms with Crippen molar-refractivity contribution in [2.24, 2.45) is 11.7 Å². The second-order valence-corrected chi connectivity index (χ2v) is 6.38. The van der Waals surface area contributed by atoms with Gasteiger partial charge in [0.2, 0.25) is 6.41 Å². The molecule has 0 heterocycles. The van der Waals surface area contributed by atoms with Crippen molar-refractivity contribution >= 4 is 12.1 Å². The minimum Gasteiger partial charge on any atom is -0.489 e. The standard InChI is InChI=1S/C20H28N2O2.CH4N2O/c1-6-23-16(4)17-10-11-20(15(3)12-17)24-13-18-14(2)8-7-9-19(18)22(5)21;2-3-1-4/h7-12,16H,6,13,21H2,1-5H3;1H,2H2,(H,3,4). The molecule has 1 amide bonds. The Morgan fingerprint density at radius 2 is 1.89 bits per heavy atom. The minimum absolute atomic E-state index is 0.0941. The van der Waals surface area contributed by atoms with Gasteiger partial charge in [0.05, 0.1) is 11.8 Å². The molecule has 154 valence electrons. The van der Waals surface area contributed by atoms with Crippen molar-refractivity contribution in [2.75, 3.05) is 18.7 Å². The number of benzene rings is 2. The lowest BCUT2D eigenvalue weighted by Gasteiger charge is -2.20. The highest BCUT2D eigenvalue weighted by Gasteiger charge is 2.11. The lowest BCUT2D eigenvalue weighted by atomic mass is 10.1. The van der Waals surface area contributed by atoms with Crippen LogP contribution in [-0.4, -0.2) is 20.1 Å². The molecule has 0 aliphatic heterocycles. The summed E-state index contributed by atoms with van der Waals surface area (Å²) in [6, 6.07) is 12.3. The van der Waals surface area contributed by atoms with E-state index in [1.807, 2.05) is 32.2 Å². The van der Waals surface area contributed by atoms with Gasteiger partial charge < -0.3 is 14.5 Å². The molecule has 0 saturated heterocycles. The molecule has 0 radical (unpaired) electrons. The Balaban J connectivity index is 0.000000892. The summed E-state index contributed by atoms with van der Waals surface area (Å²) in [5.74, 6) is 11.2. The third kappa shape index (κ3) is 6.84. The number of hydrazine groups is 2. The van der Waals surface area contributed by atoms with Crippen molar-refractivity contribution < 1.29 is 14.3 Å². The number of carbonyl (C=O) groups excluding carboxylic acids is 1. The van der Waals surface area contributed by atoms with E-state index in [1.54, 1.807) is 10.4 Å². The molecule has 0 spiro atoms. The maximum atomic E-state index is 8.94. The van der Waals surface area contributed by atoms with Crippen LogP contribution < -0.4 is 26.9 Å². The van der Waals surface area contributed by atoms with E-state index in [1.165, 1.54) is 11.1 Å². The number of carbonyl (C=O) groups is 1. The van der Waals surface area contributed by atoms with Gasteiger partial charge in [0, 0.05) is 19.2 Å². The molecule has 7 heteroatoms. The number of hydrogen-bond acceptors (Lipinski definition) is 6. The Morgan fingerprint density at radius 3 is 2.43 bits per heavy atom. The topological polar surface area (TPSA) is 103 Å². The van der Waals surface area contributed by atoms with Gasteiger partial charge in [-0.15, -0.1) is 0 Å². The lowest BCUT2D eigenvalue weighted by Crippen LogP contribution is -2.26. The van der Waals surface area contributed by atoms with E-state index in [0.29, 0.717) is 19.6 Å². The van der Waals surface area contributed by atoms with E-state index in [-0.39, 0.29) is 6.10 Å². The summed E-state index contributed by atoms with van der Waals surface area (Å²) in [5, 5.41) is 1.63. The Kier molecular flexibility index (Phi) is 10.0. The lowest BCUT2D eigenvalue weighted by molar-refractivity contribution is -0.109. The van der Waals surface area contributed by atoms with E-state index in [0.717, 1.165) is 22.6 Å². The SMILES string of the molecule is CCOC(C)c1ccc(OCc2c(C)cccc2N(C)N)c(C)c1.NNC=O. The van der Waals surface area contributed by atoms with Crippen LogP contribution in [-0.2, 0) is 16.1 Å². The van der Waals surface area contributed by atoms with Crippen molar-refractivity contribution in [3.8, 4) is 5.75 Å². The summed E-state index contributed by atoms with van der Waals surface area (Å²) in [4.78, 5) is 8.94. The minimum atomic E-state index is 0.0941. The van der Waals surface area contributed by atoms with Crippen LogP contribution in [0.5, 0.6) is 5.75 Å². The number of nitrogens with one attached hydrogen (secondary N) is 1. The predicted octanol–water partition coefficient (Wildman–Crippen LogP) is 2.90. The van der Waals surface area contributed by atoms with Crippen LogP contribution >= 0.6 is 0 Å². The summed E-state index contributed by atoms with van der Waals surface area (Å²) in [7, 11) is 1.84. The molecule has 5 N–H and O–H groups in total. The first kappa shape index (κ1) is 23.4. The Bertz CT molecular complexity index is 750. The largest absolute Gasteiger partial charge is 0.489 e. The maximum Gasteiger partial charge on any atom is 0.221 e. The zero-order valence-corrected chi connectivity index (χ0v) is 17.4. The molecule has 0 bridgehead atoms. The van der Waals surface area contributed by atoms with Crippen molar-refractivity contribution in [2.45, 2.75) is 40.4 Å². The van der Waals surface area contributed by atoms with Crippen LogP contribution in [0.4, 0.5) is 5.69 Å². The molecular weight excluding hydrogens is 356 g/mol. The third-order valence-electron chi connectivity index (χ3n) is 4.29. The van der Waals surface area contributed by atoms with Gasteiger partial charge in [0.1, 0.15) is 12.4 Å². The van der Waals surface area contributed by atoms with Crippen LogP contribution in [0.25, 0.3) is 0 Å². The molecule has 2 aromatic rings. The van der Waals surface area contributed by atoms with E-state index in [9.17, 15) is 0 Å². The number of rotatable bonds is 8. The Morgan fingerprint density at radius 1 is 1.21 bits per heavy atom. The van der Waals surface area contributed by atoms with E-state index < -0.39 is 0 Å². The normalized spacial score (nSPS) is 11.1. The average Bonchev–Trinajstić information content (AvgIpc) is 2.67. The molecule has 0 aliphatic rings. The fourth-order valence-corrected chi connectivity index (χ4v) is 2.79. The first-order valence-corrected chi connectivity index (χ1v) is 9.17. The van der Waals surface area contributed by atoms with Gasteiger partial charge in [0.25, 0.3) is 0 Å². The van der Waals surface area contributed by atoms with Gasteiger partial charge in [-0.05, 0) is 62.6 Å². The number of nitrogens with zero attached hydrogens (tertiary/aromatic N) is 1. The molecule has 2 aromatic carbocycles. The van der Waals surface area contributed by atoms with Gasteiger partial charge in [0.15, 0.2) is 0 Å². The molecule has 0 saturated carbocycles. The first-order valence-electron chi connectivity index (χ1n) is 9.17. The number of amides is 1. The fourth-order valence-electron chi connectivity index (χ4n) is 2.79. The number of ether oxygens (including phenoxy) is 2. The molecular formula is C21H32N4O3. The van der Waals surface area contributed by atoms with Crippen molar-refractivity contribution in [3.05, 3.63) is 58.7 Å². The highest BCUT2D eigenvalue weighted by Crippen LogP contribution is 2.27. The van der Waals surface area contributed by atoms with E-state index >= 15 is 0 Å².